The first kappa shape index (κ1) is 15.5. The number of benzene rings is 1. The van der Waals surface area contributed by atoms with Gasteiger partial charge < -0.3 is 14.7 Å². The first-order chi connectivity index (χ1) is 10.2. The van der Waals surface area contributed by atoms with Gasteiger partial charge in [-0.1, -0.05) is 6.07 Å². The minimum Gasteiger partial charge on any atom is -0.496 e. The lowest BCUT2D eigenvalue weighted by atomic mass is 10.1. The van der Waals surface area contributed by atoms with Crippen LogP contribution in [0.15, 0.2) is 42.7 Å². The molecule has 4 heteroatoms. The Morgan fingerprint density at radius 1 is 1.14 bits per heavy atom. The zero-order valence-electron chi connectivity index (χ0n) is 12.6. The highest BCUT2D eigenvalue weighted by Gasteiger charge is 2.08. The Morgan fingerprint density at radius 2 is 1.90 bits per heavy atom. The van der Waals surface area contributed by atoms with Crippen LogP contribution in [0.1, 0.15) is 16.7 Å². The lowest BCUT2D eigenvalue weighted by Gasteiger charge is -2.19. The summed E-state index contributed by atoms with van der Waals surface area (Å²) in [6.45, 7) is 1.80. The van der Waals surface area contributed by atoms with Crippen molar-refractivity contribution in [3.05, 3.63) is 59.4 Å². The molecule has 0 saturated heterocycles. The summed E-state index contributed by atoms with van der Waals surface area (Å²) in [4.78, 5) is 6.28. The molecule has 21 heavy (non-hydrogen) atoms. The molecule has 0 aliphatic rings. The van der Waals surface area contributed by atoms with Crippen LogP contribution in [0.2, 0.25) is 0 Å². The van der Waals surface area contributed by atoms with Crippen molar-refractivity contribution in [2.24, 2.45) is 0 Å². The van der Waals surface area contributed by atoms with E-state index in [1.165, 1.54) is 5.56 Å². The third kappa shape index (κ3) is 4.55. The predicted molar refractivity (Wildman–Crippen MR) is 83.2 cm³/mol. The van der Waals surface area contributed by atoms with Crippen LogP contribution in [0.5, 0.6) is 5.75 Å². The summed E-state index contributed by atoms with van der Waals surface area (Å²) < 4.78 is 5.39. The quantitative estimate of drug-likeness (QED) is 0.848. The average molecular weight is 286 g/mol. The number of aliphatic hydroxyl groups excluding tert-OH is 1. The number of ether oxygens (including phenoxy) is 1. The molecule has 1 heterocycles. The van der Waals surface area contributed by atoms with Crippen molar-refractivity contribution >= 4 is 0 Å². The fourth-order valence-corrected chi connectivity index (χ4v) is 2.29. The van der Waals surface area contributed by atoms with E-state index in [2.05, 4.69) is 16.9 Å². The lowest BCUT2D eigenvalue weighted by molar-refractivity contribution is 0.280. The molecule has 1 aromatic carbocycles. The molecule has 0 bridgehead atoms. The maximum absolute atomic E-state index is 9.25. The van der Waals surface area contributed by atoms with E-state index in [-0.39, 0.29) is 6.61 Å². The van der Waals surface area contributed by atoms with Crippen molar-refractivity contribution in [2.45, 2.75) is 19.6 Å². The number of likely N-dealkylation sites (N-methyl/N-ethyl adjacent to an activating group) is 1. The number of rotatable bonds is 7. The SMILES string of the molecule is COc1ccc(CO)cc1CN(C)CCc1ccncc1. The summed E-state index contributed by atoms with van der Waals surface area (Å²) in [6, 6.07) is 9.89. The lowest BCUT2D eigenvalue weighted by Crippen LogP contribution is -2.21. The Morgan fingerprint density at radius 3 is 2.57 bits per heavy atom. The molecule has 0 aliphatic heterocycles. The molecule has 4 nitrogen and oxygen atoms in total. The Labute approximate surface area is 126 Å². The summed E-state index contributed by atoms with van der Waals surface area (Å²) in [5.41, 5.74) is 3.29. The van der Waals surface area contributed by atoms with Crippen LogP contribution in [0.3, 0.4) is 0 Å². The molecule has 1 N–H and O–H groups in total. The monoisotopic (exact) mass is 286 g/mol. The number of methoxy groups -OCH3 is 1. The van der Waals surface area contributed by atoms with Crippen LogP contribution in [0.25, 0.3) is 0 Å². The van der Waals surface area contributed by atoms with E-state index in [9.17, 15) is 5.11 Å². The smallest absolute Gasteiger partial charge is 0.123 e. The Balaban J connectivity index is 1.97. The Hall–Kier alpha value is -1.91. The summed E-state index contributed by atoms with van der Waals surface area (Å²) in [6.07, 6.45) is 4.63. The van der Waals surface area contributed by atoms with Crippen molar-refractivity contribution < 1.29 is 9.84 Å². The molecule has 0 fully saturated rings. The molecule has 0 aliphatic carbocycles. The van der Waals surface area contributed by atoms with Gasteiger partial charge >= 0.3 is 0 Å². The first-order valence-corrected chi connectivity index (χ1v) is 7.07. The van der Waals surface area contributed by atoms with Crippen LogP contribution in [0.4, 0.5) is 0 Å². The second-order valence-electron chi connectivity index (χ2n) is 5.15. The molecule has 0 spiro atoms. The Bertz CT molecular complexity index is 558. The van der Waals surface area contributed by atoms with Crippen molar-refractivity contribution in [1.82, 2.24) is 9.88 Å². The molecule has 0 amide bonds. The topological polar surface area (TPSA) is 45.6 Å². The van der Waals surface area contributed by atoms with E-state index in [1.807, 2.05) is 42.7 Å². The van der Waals surface area contributed by atoms with Crippen LogP contribution in [-0.2, 0) is 19.6 Å². The number of aliphatic hydroxyl groups is 1. The van der Waals surface area contributed by atoms with Gasteiger partial charge in [-0.2, -0.15) is 0 Å². The number of nitrogens with zero attached hydrogens (tertiary/aromatic N) is 2. The second-order valence-corrected chi connectivity index (χ2v) is 5.15. The zero-order valence-corrected chi connectivity index (χ0v) is 12.6. The molecule has 2 rings (SSSR count). The minimum absolute atomic E-state index is 0.0533. The van der Waals surface area contributed by atoms with Gasteiger partial charge in [-0.3, -0.25) is 4.98 Å². The molecule has 0 atom stereocenters. The third-order valence-electron chi connectivity index (χ3n) is 3.50. The summed E-state index contributed by atoms with van der Waals surface area (Å²) in [7, 11) is 3.76. The number of pyridine rings is 1. The van der Waals surface area contributed by atoms with Crippen LogP contribution in [0, 0.1) is 0 Å². The number of aromatic nitrogens is 1. The highest BCUT2D eigenvalue weighted by molar-refractivity contribution is 5.37. The van der Waals surface area contributed by atoms with E-state index < -0.39 is 0 Å². The molecule has 112 valence electrons. The molecular weight excluding hydrogens is 264 g/mol. The summed E-state index contributed by atoms with van der Waals surface area (Å²) >= 11 is 0. The second kappa shape index (κ2) is 7.76. The van der Waals surface area contributed by atoms with Gasteiger partial charge in [0.25, 0.3) is 0 Å². The maximum atomic E-state index is 9.25. The van der Waals surface area contributed by atoms with Crippen LogP contribution >= 0.6 is 0 Å². The number of hydrogen-bond donors (Lipinski definition) is 1. The van der Waals surface area contributed by atoms with Gasteiger partial charge in [0.2, 0.25) is 0 Å². The molecule has 1 aromatic heterocycles. The molecular formula is C17H22N2O2. The fraction of sp³-hybridized carbons (Fsp3) is 0.353. The van der Waals surface area contributed by atoms with Gasteiger partial charge in [0.1, 0.15) is 5.75 Å². The van der Waals surface area contributed by atoms with Gasteiger partial charge in [-0.15, -0.1) is 0 Å². The molecule has 2 aromatic rings. The van der Waals surface area contributed by atoms with Crippen molar-refractivity contribution in [2.75, 3.05) is 20.7 Å². The fourth-order valence-electron chi connectivity index (χ4n) is 2.29. The van der Waals surface area contributed by atoms with E-state index in [0.29, 0.717) is 0 Å². The van der Waals surface area contributed by atoms with Crippen molar-refractivity contribution in [1.29, 1.82) is 0 Å². The molecule has 0 radical (unpaired) electrons. The standard InChI is InChI=1S/C17H22N2O2/c1-19(10-7-14-5-8-18-9-6-14)12-16-11-15(13-20)3-4-17(16)21-2/h3-6,8-9,11,20H,7,10,12-13H2,1-2H3. The van der Waals surface area contributed by atoms with Crippen molar-refractivity contribution in [3.63, 3.8) is 0 Å². The normalized spacial score (nSPS) is 10.9. The largest absolute Gasteiger partial charge is 0.496 e. The van der Waals surface area contributed by atoms with E-state index in [0.717, 1.165) is 36.4 Å². The van der Waals surface area contributed by atoms with Gasteiger partial charge in [-0.05, 0) is 48.9 Å². The maximum Gasteiger partial charge on any atom is 0.123 e. The minimum atomic E-state index is 0.0533. The first-order valence-electron chi connectivity index (χ1n) is 7.07. The van der Waals surface area contributed by atoms with Gasteiger partial charge in [0.15, 0.2) is 0 Å². The number of hydrogen-bond acceptors (Lipinski definition) is 4. The third-order valence-corrected chi connectivity index (χ3v) is 3.50. The molecule has 0 saturated carbocycles. The van der Waals surface area contributed by atoms with E-state index in [1.54, 1.807) is 7.11 Å². The van der Waals surface area contributed by atoms with E-state index in [4.69, 9.17) is 4.74 Å². The van der Waals surface area contributed by atoms with E-state index >= 15 is 0 Å². The summed E-state index contributed by atoms with van der Waals surface area (Å²) in [5.74, 6) is 0.864. The van der Waals surface area contributed by atoms with Gasteiger partial charge in [0, 0.05) is 31.0 Å². The summed E-state index contributed by atoms with van der Waals surface area (Å²) in [5, 5.41) is 9.25. The molecule has 0 unspecified atom stereocenters. The zero-order chi connectivity index (χ0) is 15.1. The van der Waals surface area contributed by atoms with Crippen LogP contribution < -0.4 is 4.74 Å². The highest BCUT2D eigenvalue weighted by atomic mass is 16.5. The van der Waals surface area contributed by atoms with Crippen LogP contribution in [-0.4, -0.2) is 35.7 Å². The van der Waals surface area contributed by atoms with Crippen molar-refractivity contribution in [3.8, 4) is 5.75 Å². The van der Waals surface area contributed by atoms with Gasteiger partial charge in [-0.25, -0.2) is 0 Å². The highest BCUT2D eigenvalue weighted by Crippen LogP contribution is 2.21. The predicted octanol–water partition coefficient (Wildman–Crippen LogP) is 2.26. The average Bonchev–Trinajstić information content (AvgIpc) is 2.54. The Kier molecular flexibility index (Phi) is 5.72. The van der Waals surface area contributed by atoms with Gasteiger partial charge in [0.05, 0.1) is 13.7 Å².